The van der Waals surface area contributed by atoms with Crippen LogP contribution in [0.1, 0.15) is 31.1 Å². The van der Waals surface area contributed by atoms with E-state index in [1.807, 2.05) is 6.92 Å². The summed E-state index contributed by atoms with van der Waals surface area (Å²) in [6.07, 6.45) is 3.27. The Balaban J connectivity index is 2.88. The van der Waals surface area contributed by atoms with E-state index in [2.05, 4.69) is 0 Å². The van der Waals surface area contributed by atoms with E-state index in [4.69, 9.17) is 16.3 Å². The largest absolute Gasteiger partial charge is 0.488 e. The van der Waals surface area contributed by atoms with Crippen molar-refractivity contribution in [1.29, 1.82) is 0 Å². The molecule has 0 heterocycles. The van der Waals surface area contributed by atoms with Gasteiger partial charge < -0.3 is 4.74 Å². The summed E-state index contributed by atoms with van der Waals surface area (Å²) in [6.45, 7) is 5.32. The molecule has 0 aromatic heterocycles. The molecule has 2 nitrogen and oxygen atoms in total. The minimum Gasteiger partial charge on any atom is -0.488 e. The first-order chi connectivity index (χ1) is 7.47. The summed E-state index contributed by atoms with van der Waals surface area (Å²) in [4.78, 5) is 12.1. The van der Waals surface area contributed by atoms with Gasteiger partial charge in [-0.2, -0.15) is 0 Å². The Labute approximate surface area is 101 Å². The minimum atomic E-state index is -0.861. The monoisotopic (exact) mass is 238 g/mol. The van der Waals surface area contributed by atoms with Gasteiger partial charge in [0.2, 0.25) is 5.78 Å². The number of hydrogen-bond donors (Lipinski definition) is 0. The molecule has 0 aliphatic heterocycles. The van der Waals surface area contributed by atoms with E-state index in [1.54, 1.807) is 44.2 Å². The average molecular weight is 239 g/mol. The van der Waals surface area contributed by atoms with Gasteiger partial charge in [0.15, 0.2) is 5.60 Å². The van der Waals surface area contributed by atoms with Crippen molar-refractivity contribution in [3.63, 3.8) is 0 Å². The maximum atomic E-state index is 12.1. The molecule has 0 bridgehead atoms. The van der Waals surface area contributed by atoms with Crippen LogP contribution in [0.4, 0.5) is 0 Å². The van der Waals surface area contributed by atoms with Gasteiger partial charge >= 0.3 is 0 Å². The fourth-order valence-corrected chi connectivity index (χ4v) is 1.37. The number of carbonyl (C=O) groups excluding carboxylic acids is 1. The van der Waals surface area contributed by atoms with Crippen LogP contribution in [0, 0.1) is 0 Å². The van der Waals surface area contributed by atoms with E-state index in [0.717, 1.165) is 0 Å². The number of allylic oxidation sites excluding steroid dienone is 1. The highest BCUT2D eigenvalue weighted by Gasteiger charge is 2.29. The van der Waals surface area contributed by atoms with Crippen LogP contribution >= 0.6 is 11.6 Å². The zero-order valence-corrected chi connectivity index (χ0v) is 10.4. The van der Waals surface area contributed by atoms with E-state index in [1.165, 1.54) is 6.26 Å². The van der Waals surface area contributed by atoms with Crippen molar-refractivity contribution >= 4 is 17.4 Å². The van der Waals surface area contributed by atoms with Crippen LogP contribution in [-0.4, -0.2) is 11.4 Å². The summed E-state index contributed by atoms with van der Waals surface area (Å²) >= 11 is 5.76. The molecule has 16 heavy (non-hydrogen) atoms. The molecule has 0 spiro atoms. The number of benzene rings is 1. The number of ether oxygens (including phenoxy) is 1. The lowest BCUT2D eigenvalue weighted by Crippen LogP contribution is -2.33. The number of Topliss-reactive ketones (excluding diaryl/α,β-unsaturated/α-hetero) is 1. The minimum absolute atomic E-state index is 0.0673. The van der Waals surface area contributed by atoms with Crippen molar-refractivity contribution in [2.24, 2.45) is 0 Å². The van der Waals surface area contributed by atoms with Crippen LogP contribution in [0.3, 0.4) is 0 Å². The fraction of sp³-hybridized carbons (Fsp3) is 0.308. The fourth-order valence-electron chi connectivity index (χ4n) is 1.24. The lowest BCUT2D eigenvalue weighted by molar-refractivity contribution is 0.0404. The van der Waals surface area contributed by atoms with Crippen molar-refractivity contribution < 1.29 is 9.53 Å². The second-order valence-corrected chi connectivity index (χ2v) is 4.37. The summed E-state index contributed by atoms with van der Waals surface area (Å²) < 4.78 is 5.36. The van der Waals surface area contributed by atoms with Gasteiger partial charge in [0, 0.05) is 10.6 Å². The predicted molar refractivity (Wildman–Crippen MR) is 65.8 cm³/mol. The van der Waals surface area contributed by atoms with Gasteiger partial charge in [0.25, 0.3) is 0 Å². The Hall–Kier alpha value is -1.28. The summed E-state index contributed by atoms with van der Waals surface area (Å²) in [7, 11) is 0. The standard InChI is InChI=1S/C13H15ClO2/c1-4-9-16-13(2,3)12(15)10-5-7-11(14)8-6-10/h4-9H,1-3H3. The summed E-state index contributed by atoms with van der Waals surface area (Å²) in [6, 6.07) is 6.79. The Morgan fingerprint density at radius 2 is 1.88 bits per heavy atom. The molecule has 1 rings (SSSR count). The highest BCUT2D eigenvalue weighted by Crippen LogP contribution is 2.19. The average Bonchev–Trinajstić information content (AvgIpc) is 2.26. The van der Waals surface area contributed by atoms with Crippen LogP contribution in [-0.2, 0) is 4.74 Å². The van der Waals surface area contributed by atoms with Crippen LogP contribution in [0.5, 0.6) is 0 Å². The third-order valence-electron chi connectivity index (χ3n) is 2.15. The third kappa shape index (κ3) is 3.11. The van der Waals surface area contributed by atoms with Gasteiger partial charge in [-0.1, -0.05) is 17.7 Å². The number of halogens is 1. The molecular weight excluding hydrogens is 224 g/mol. The quantitative estimate of drug-likeness (QED) is 0.588. The Morgan fingerprint density at radius 3 is 2.38 bits per heavy atom. The van der Waals surface area contributed by atoms with E-state index in [-0.39, 0.29) is 5.78 Å². The SMILES string of the molecule is CC=COC(C)(C)C(=O)c1ccc(Cl)cc1. The van der Waals surface area contributed by atoms with Crippen molar-refractivity contribution in [2.45, 2.75) is 26.4 Å². The number of hydrogen-bond acceptors (Lipinski definition) is 2. The molecule has 1 aromatic rings. The summed E-state index contributed by atoms with van der Waals surface area (Å²) in [5, 5.41) is 0.615. The zero-order chi connectivity index (χ0) is 12.2. The second-order valence-electron chi connectivity index (χ2n) is 3.93. The molecule has 86 valence electrons. The van der Waals surface area contributed by atoms with Crippen molar-refractivity contribution in [2.75, 3.05) is 0 Å². The highest BCUT2D eigenvalue weighted by atomic mass is 35.5. The van der Waals surface area contributed by atoms with Crippen molar-refractivity contribution in [3.8, 4) is 0 Å². The van der Waals surface area contributed by atoms with Gasteiger partial charge in [0.1, 0.15) is 0 Å². The molecular formula is C13H15ClO2. The first kappa shape index (κ1) is 12.8. The number of rotatable bonds is 4. The third-order valence-corrected chi connectivity index (χ3v) is 2.40. The van der Waals surface area contributed by atoms with Gasteiger partial charge in [-0.3, -0.25) is 4.79 Å². The van der Waals surface area contributed by atoms with E-state index in [0.29, 0.717) is 10.6 Å². The first-order valence-corrected chi connectivity index (χ1v) is 5.44. The van der Waals surface area contributed by atoms with Gasteiger partial charge in [0.05, 0.1) is 6.26 Å². The molecule has 0 saturated carbocycles. The van der Waals surface area contributed by atoms with Crippen LogP contribution < -0.4 is 0 Å². The van der Waals surface area contributed by atoms with Crippen molar-refractivity contribution in [1.82, 2.24) is 0 Å². The maximum Gasteiger partial charge on any atom is 0.205 e. The molecule has 0 fully saturated rings. The first-order valence-electron chi connectivity index (χ1n) is 5.06. The number of ketones is 1. The molecule has 0 aliphatic rings. The normalized spacial score (nSPS) is 11.8. The number of carbonyl (C=O) groups is 1. The Kier molecular flexibility index (Phi) is 4.13. The molecule has 0 N–H and O–H groups in total. The van der Waals surface area contributed by atoms with Crippen LogP contribution in [0.2, 0.25) is 5.02 Å². The molecule has 1 aromatic carbocycles. The van der Waals surface area contributed by atoms with Crippen LogP contribution in [0.25, 0.3) is 0 Å². The maximum absolute atomic E-state index is 12.1. The molecule has 0 aliphatic carbocycles. The lowest BCUT2D eigenvalue weighted by atomic mass is 9.97. The van der Waals surface area contributed by atoms with Gasteiger partial charge in [-0.15, -0.1) is 0 Å². The van der Waals surface area contributed by atoms with Crippen LogP contribution in [0.15, 0.2) is 36.6 Å². The van der Waals surface area contributed by atoms with E-state index >= 15 is 0 Å². The van der Waals surface area contributed by atoms with Gasteiger partial charge in [-0.25, -0.2) is 0 Å². The van der Waals surface area contributed by atoms with Gasteiger partial charge in [-0.05, 0) is 45.0 Å². The predicted octanol–water partition coefficient (Wildman–Crippen LogP) is 3.85. The summed E-state index contributed by atoms with van der Waals surface area (Å²) in [5.74, 6) is -0.0673. The van der Waals surface area contributed by atoms with Crippen molar-refractivity contribution in [3.05, 3.63) is 47.2 Å². The molecule has 0 unspecified atom stereocenters. The molecule has 0 radical (unpaired) electrons. The smallest absolute Gasteiger partial charge is 0.205 e. The molecule has 3 heteroatoms. The topological polar surface area (TPSA) is 26.3 Å². The molecule has 0 amide bonds. The van der Waals surface area contributed by atoms with E-state index < -0.39 is 5.60 Å². The second kappa shape index (κ2) is 5.17. The van der Waals surface area contributed by atoms with E-state index in [9.17, 15) is 4.79 Å². The zero-order valence-electron chi connectivity index (χ0n) is 9.66. The highest BCUT2D eigenvalue weighted by molar-refractivity contribution is 6.30. The molecule has 0 atom stereocenters. The Morgan fingerprint density at radius 1 is 1.31 bits per heavy atom. The summed E-state index contributed by atoms with van der Waals surface area (Å²) in [5.41, 5.74) is -0.265. The molecule has 0 saturated heterocycles. The Bertz CT molecular complexity index is 391. The lowest BCUT2D eigenvalue weighted by Gasteiger charge is -2.22.